The third kappa shape index (κ3) is 2.92. The van der Waals surface area contributed by atoms with E-state index in [9.17, 15) is 9.59 Å². The average molecular weight is 214 g/mol. The van der Waals surface area contributed by atoms with Gasteiger partial charge >= 0.3 is 11.8 Å². The van der Waals surface area contributed by atoms with Crippen molar-refractivity contribution in [1.82, 2.24) is 9.80 Å². The number of rotatable bonds is 3. The molecule has 0 aromatic carbocycles. The Morgan fingerprint density at radius 3 is 2.40 bits per heavy atom. The van der Waals surface area contributed by atoms with Crippen molar-refractivity contribution in [3.05, 3.63) is 0 Å². The number of amides is 2. The Bertz CT molecular complexity index is 237. The zero-order chi connectivity index (χ0) is 11.3. The molecule has 0 bridgehead atoms. The van der Waals surface area contributed by atoms with E-state index in [2.05, 4.69) is 0 Å². The highest BCUT2D eigenvalue weighted by molar-refractivity contribution is 6.34. The van der Waals surface area contributed by atoms with Gasteiger partial charge in [0, 0.05) is 26.2 Å². The Labute approximate surface area is 89.7 Å². The van der Waals surface area contributed by atoms with Crippen molar-refractivity contribution in [1.29, 1.82) is 0 Å². The molecule has 0 aliphatic carbocycles. The van der Waals surface area contributed by atoms with Crippen molar-refractivity contribution >= 4 is 11.8 Å². The van der Waals surface area contributed by atoms with E-state index in [0.29, 0.717) is 19.6 Å². The Morgan fingerprint density at radius 1 is 1.33 bits per heavy atom. The summed E-state index contributed by atoms with van der Waals surface area (Å²) in [6, 6.07) is 0. The number of carbonyl (C=O) groups is 2. The van der Waals surface area contributed by atoms with Crippen LogP contribution in [0.15, 0.2) is 0 Å². The molecule has 1 heterocycles. The lowest BCUT2D eigenvalue weighted by atomic mass is 10.4. The van der Waals surface area contributed by atoms with Crippen LogP contribution in [-0.4, -0.2) is 59.5 Å². The normalized spacial score (nSPS) is 15.5. The number of aliphatic hydroxyl groups is 1. The van der Waals surface area contributed by atoms with E-state index < -0.39 is 11.8 Å². The highest BCUT2D eigenvalue weighted by atomic mass is 16.3. The van der Waals surface area contributed by atoms with Crippen LogP contribution in [0.2, 0.25) is 0 Å². The van der Waals surface area contributed by atoms with Gasteiger partial charge < -0.3 is 14.9 Å². The van der Waals surface area contributed by atoms with Gasteiger partial charge in [-0.2, -0.15) is 0 Å². The molecule has 1 saturated heterocycles. The van der Waals surface area contributed by atoms with Crippen LogP contribution in [-0.2, 0) is 9.59 Å². The summed E-state index contributed by atoms with van der Waals surface area (Å²) in [5.41, 5.74) is 0. The summed E-state index contributed by atoms with van der Waals surface area (Å²) in [4.78, 5) is 26.3. The molecule has 0 radical (unpaired) electrons. The number of likely N-dealkylation sites (tertiary alicyclic amines) is 1. The molecule has 0 spiro atoms. The highest BCUT2D eigenvalue weighted by Gasteiger charge is 2.27. The van der Waals surface area contributed by atoms with Crippen molar-refractivity contribution in [2.75, 3.05) is 32.8 Å². The maximum absolute atomic E-state index is 11.7. The Hall–Kier alpha value is -1.10. The van der Waals surface area contributed by atoms with E-state index in [0.717, 1.165) is 12.8 Å². The molecule has 1 aliphatic rings. The molecule has 5 nitrogen and oxygen atoms in total. The summed E-state index contributed by atoms with van der Waals surface area (Å²) in [6.45, 7) is 3.74. The van der Waals surface area contributed by atoms with E-state index in [1.54, 1.807) is 11.8 Å². The van der Waals surface area contributed by atoms with Gasteiger partial charge in [-0.05, 0) is 19.8 Å². The van der Waals surface area contributed by atoms with Crippen LogP contribution in [0.3, 0.4) is 0 Å². The lowest BCUT2D eigenvalue weighted by molar-refractivity contribution is -0.151. The minimum absolute atomic E-state index is 0.104. The second-order valence-electron chi connectivity index (χ2n) is 3.61. The molecule has 5 heteroatoms. The first kappa shape index (κ1) is 12.0. The number of hydrogen-bond acceptors (Lipinski definition) is 3. The molecule has 0 atom stereocenters. The number of aliphatic hydroxyl groups excluding tert-OH is 1. The predicted molar refractivity (Wildman–Crippen MR) is 55.2 cm³/mol. The van der Waals surface area contributed by atoms with Crippen molar-refractivity contribution < 1.29 is 14.7 Å². The van der Waals surface area contributed by atoms with E-state index in [1.165, 1.54) is 4.90 Å². The van der Waals surface area contributed by atoms with Crippen LogP contribution in [0.4, 0.5) is 0 Å². The minimum Gasteiger partial charge on any atom is -0.395 e. The van der Waals surface area contributed by atoms with Crippen molar-refractivity contribution in [3.63, 3.8) is 0 Å². The Kier molecular flexibility index (Phi) is 4.55. The van der Waals surface area contributed by atoms with Crippen LogP contribution in [0.25, 0.3) is 0 Å². The summed E-state index contributed by atoms with van der Waals surface area (Å²) >= 11 is 0. The summed E-state index contributed by atoms with van der Waals surface area (Å²) in [5.74, 6) is -0.920. The SMILES string of the molecule is CCN(CCO)C(=O)C(=O)N1CCCC1. The number of carbonyl (C=O) groups excluding carboxylic acids is 2. The van der Waals surface area contributed by atoms with Crippen molar-refractivity contribution in [2.24, 2.45) is 0 Å². The fourth-order valence-corrected chi connectivity index (χ4v) is 1.71. The van der Waals surface area contributed by atoms with Gasteiger partial charge in [0.05, 0.1) is 6.61 Å². The van der Waals surface area contributed by atoms with E-state index in [-0.39, 0.29) is 13.2 Å². The standard InChI is InChI=1S/C10H18N2O3/c1-2-11(7-8-13)9(14)10(15)12-5-3-4-6-12/h13H,2-8H2,1H3. The molecule has 0 aromatic heterocycles. The predicted octanol–water partition coefficient (Wildman–Crippen LogP) is -0.550. The van der Waals surface area contributed by atoms with E-state index in [1.807, 2.05) is 0 Å². The molecule has 86 valence electrons. The lowest BCUT2D eigenvalue weighted by Crippen LogP contribution is -2.45. The molecule has 0 aromatic rings. The van der Waals surface area contributed by atoms with Gasteiger partial charge in [-0.1, -0.05) is 0 Å². The monoisotopic (exact) mass is 214 g/mol. The molecule has 15 heavy (non-hydrogen) atoms. The van der Waals surface area contributed by atoms with Gasteiger partial charge in [0.15, 0.2) is 0 Å². The first-order chi connectivity index (χ1) is 7.20. The molecule has 0 unspecified atom stereocenters. The van der Waals surface area contributed by atoms with E-state index in [4.69, 9.17) is 5.11 Å². The zero-order valence-corrected chi connectivity index (χ0v) is 9.11. The highest BCUT2D eigenvalue weighted by Crippen LogP contribution is 2.08. The van der Waals surface area contributed by atoms with Crippen LogP contribution < -0.4 is 0 Å². The summed E-state index contributed by atoms with van der Waals surface area (Å²) < 4.78 is 0. The molecule has 0 saturated carbocycles. The first-order valence-corrected chi connectivity index (χ1v) is 5.39. The fraction of sp³-hybridized carbons (Fsp3) is 0.800. The van der Waals surface area contributed by atoms with Gasteiger partial charge in [0.2, 0.25) is 0 Å². The van der Waals surface area contributed by atoms with Gasteiger partial charge in [-0.25, -0.2) is 0 Å². The van der Waals surface area contributed by atoms with E-state index >= 15 is 0 Å². The average Bonchev–Trinajstić information content (AvgIpc) is 2.77. The number of nitrogens with zero attached hydrogens (tertiary/aromatic N) is 2. The molecule has 1 fully saturated rings. The molecular formula is C10H18N2O3. The fourth-order valence-electron chi connectivity index (χ4n) is 1.71. The topological polar surface area (TPSA) is 60.9 Å². The molecular weight excluding hydrogens is 196 g/mol. The third-order valence-electron chi connectivity index (χ3n) is 2.62. The quantitative estimate of drug-likeness (QED) is 0.641. The Morgan fingerprint density at radius 2 is 1.93 bits per heavy atom. The van der Waals surface area contributed by atoms with Gasteiger partial charge in [-0.3, -0.25) is 9.59 Å². The third-order valence-corrected chi connectivity index (χ3v) is 2.62. The van der Waals surface area contributed by atoms with Crippen LogP contribution in [0.5, 0.6) is 0 Å². The van der Waals surface area contributed by atoms with Crippen LogP contribution in [0, 0.1) is 0 Å². The number of likely N-dealkylation sites (N-methyl/N-ethyl adjacent to an activating group) is 1. The first-order valence-electron chi connectivity index (χ1n) is 5.39. The van der Waals surface area contributed by atoms with Gasteiger partial charge in [-0.15, -0.1) is 0 Å². The second-order valence-corrected chi connectivity index (χ2v) is 3.61. The smallest absolute Gasteiger partial charge is 0.312 e. The van der Waals surface area contributed by atoms with Crippen LogP contribution in [0.1, 0.15) is 19.8 Å². The minimum atomic E-state index is -0.492. The summed E-state index contributed by atoms with van der Waals surface area (Å²) in [5, 5.41) is 8.74. The second kappa shape index (κ2) is 5.70. The van der Waals surface area contributed by atoms with Gasteiger partial charge in [0.1, 0.15) is 0 Å². The lowest BCUT2D eigenvalue weighted by Gasteiger charge is -2.22. The maximum atomic E-state index is 11.7. The summed E-state index contributed by atoms with van der Waals surface area (Å²) in [7, 11) is 0. The largest absolute Gasteiger partial charge is 0.395 e. The maximum Gasteiger partial charge on any atom is 0.312 e. The number of hydrogen-bond donors (Lipinski definition) is 1. The molecule has 2 amide bonds. The molecule has 1 rings (SSSR count). The zero-order valence-electron chi connectivity index (χ0n) is 9.11. The summed E-state index contributed by atoms with van der Waals surface area (Å²) in [6.07, 6.45) is 1.95. The van der Waals surface area contributed by atoms with Crippen molar-refractivity contribution in [3.8, 4) is 0 Å². The van der Waals surface area contributed by atoms with Crippen LogP contribution >= 0.6 is 0 Å². The van der Waals surface area contributed by atoms with Gasteiger partial charge in [0.25, 0.3) is 0 Å². The van der Waals surface area contributed by atoms with Crippen molar-refractivity contribution in [2.45, 2.75) is 19.8 Å². The Balaban J connectivity index is 2.53. The molecule has 1 aliphatic heterocycles. The molecule has 1 N–H and O–H groups in total.